The van der Waals surface area contributed by atoms with Crippen molar-refractivity contribution >= 4 is 41.1 Å². The molecule has 0 saturated carbocycles. The molecule has 6 atom stereocenters. The monoisotopic (exact) mass is 738 g/mol. The number of methoxy groups -OCH3 is 1. The van der Waals surface area contributed by atoms with Gasteiger partial charge in [-0.3, -0.25) is 19.2 Å². The molecule has 2 N–H and O–H groups in total. The zero-order chi connectivity index (χ0) is 37.2. The van der Waals surface area contributed by atoms with E-state index in [0.29, 0.717) is 56.5 Å². The highest BCUT2D eigenvalue weighted by atomic mass is 32.2. The number of anilines is 1. The molecule has 53 heavy (non-hydrogen) atoms. The number of nitrogens with zero attached hydrogens (tertiary/aromatic N) is 2. The van der Waals surface area contributed by atoms with E-state index < -0.39 is 23.9 Å². The van der Waals surface area contributed by atoms with E-state index in [1.165, 1.54) is 0 Å². The standard InChI is InChI=1S/C43H54N4O5S/c1-30-14-13-22-39-47(30)43(51)36(25-27-53-39)45-41(49)34(29-32-17-7-4-8-18-32)24-23-33(28-31-15-5-3-6-16-31)40(48)44-35-19-11-12-26-46(42(35)50)37-20-9-10-21-38(37)52-2/h3-10,15-18,20-21,30,33-36,39H,11-14,19,22-29H2,1-2H3,(H,44,48)(H,45,49)/t30-,33-,34?,35+,36+,39?/m1/s1. The van der Waals surface area contributed by atoms with E-state index in [4.69, 9.17) is 4.74 Å². The van der Waals surface area contributed by atoms with E-state index >= 15 is 0 Å². The third-order valence-electron chi connectivity index (χ3n) is 11.1. The largest absolute Gasteiger partial charge is 0.495 e. The van der Waals surface area contributed by atoms with Crippen LogP contribution >= 0.6 is 11.8 Å². The summed E-state index contributed by atoms with van der Waals surface area (Å²) in [6, 6.07) is 26.3. The van der Waals surface area contributed by atoms with Gasteiger partial charge in [-0.1, -0.05) is 72.8 Å². The molecule has 3 aromatic carbocycles. The molecule has 3 aromatic rings. The Labute approximate surface area is 318 Å². The second kappa shape index (κ2) is 18.6. The summed E-state index contributed by atoms with van der Waals surface area (Å²) in [5.74, 6) is 0.0769. The molecule has 0 spiro atoms. The predicted molar refractivity (Wildman–Crippen MR) is 211 cm³/mol. The highest BCUT2D eigenvalue weighted by Gasteiger charge is 2.39. The van der Waals surface area contributed by atoms with Crippen molar-refractivity contribution < 1.29 is 23.9 Å². The molecule has 10 heteroatoms. The molecule has 3 aliphatic heterocycles. The summed E-state index contributed by atoms with van der Waals surface area (Å²) >= 11 is 1.83. The highest BCUT2D eigenvalue weighted by Crippen LogP contribution is 2.35. The first-order chi connectivity index (χ1) is 25.8. The Hall–Kier alpha value is -4.31. The Morgan fingerprint density at radius 1 is 0.736 bits per heavy atom. The minimum absolute atomic E-state index is 0.0237. The van der Waals surface area contributed by atoms with Crippen molar-refractivity contribution in [2.45, 2.75) is 101 Å². The van der Waals surface area contributed by atoms with E-state index in [1.807, 2.05) is 102 Å². The fourth-order valence-corrected chi connectivity index (χ4v) is 9.58. The molecule has 3 aliphatic rings. The van der Waals surface area contributed by atoms with Crippen molar-refractivity contribution in [1.82, 2.24) is 15.5 Å². The minimum Gasteiger partial charge on any atom is -0.495 e. The fourth-order valence-electron chi connectivity index (χ4n) is 8.13. The SMILES string of the molecule is COc1ccccc1N1CCCC[C@H](NC(=O)[C@H](CCC(Cc2ccccc2)C(=O)N[C@H]2CCSC3CCC[C@@H](C)N3C2=O)Cc2ccccc2)C1=O. The number of benzene rings is 3. The third-order valence-corrected chi connectivity index (χ3v) is 12.4. The maximum absolute atomic E-state index is 14.3. The number of hydrogen-bond donors (Lipinski definition) is 2. The Kier molecular flexibility index (Phi) is 13.5. The zero-order valence-corrected chi connectivity index (χ0v) is 31.9. The normalized spacial score (nSPS) is 23.2. The number of carbonyl (C=O) groups excluding carboxylic acids is 4. The van der Waals surface area contributed by atoms with E-state index in [9.17, 15) is 19.2 Å². The van der Waals surface area contributed by atoms with E-state index in [-0.39, 0.29) is 35.0 Å². The lowest BCUT2D eigenvalue weighted by Gasteiger charge is -2.40. The summed E-state index contributed by atoms with van der Waals surface area (Å²) in [4.78, 5) is 60.1. The molecule has 2 unspecified atom stereocenters. The summed E-state index contributed by atoms with van der Waals surface area (Å²) in [6.45, 7) is 2.67. The number of piperidine rings is 1. The minimum atomic E-state index is -0.670. The molecule has 0 aromatic heterocycles. The smallest absolute Gasteiger partial charge is 0.249 e. The van der Waals surface area contributed by atoms with Crippen LogP contribution in [0.25, 0.3) is 0 Å². The van der Waals surface area contributed by atoms with Crippen LogP contribution in [0.4, 0.5) is 5.69 Å². The Morgan fingerprint density at radius 2 is 1.32 bits per heavy atom. The molecule has 0 bridgehead atoms. The lowest BCUT2D eigenvalue weighted by Crippen LogP contribution is -2.55. The fraction of sp³-hybridized carbons (Fsp3) is 0.488. The maximum atomic E-state index is 14.3. The van der Waals surface area contributed by atoms with Crippen LogP contribution in [-0.2, 0) is 32.0 Å². The molecule has 3 heterocycles. The van der Waals surface area contributed by atoms with Crippen LogP contribution in [0.15, 0.2) is 84.9 Å². The first-order valence-electron chi connectivity index (χ1n) is 19.4. The first-order valence-corrected chi connectivity index (χ1v) is 20.4. The average Bonchev–Trinajstić information content (AvgIpc) is 3.46. The van der Waals surface area contributed by atoms with E-state index in [2.05, 4.69) is 17.6 Å². The molecule has 3 saturated heterocycles. The molecule has 9 nitrogen and oxygen atoms in total. The average molecular weight is 739 g/mol. The summed E-state index contributed by atoms with van der Waals surface area (Å²) in [7, 11) is 1.60. The van der Waals surface area contributed by atoms with Crippen LogP contribution in [0.3, 0.4) is 0 Å². The van der Waals surface area contributed by atoms with Crippen LogP contribution in [0.1, 0.15) is 75.8 Å². The Morgan fingerprint density at radius 3 is 1.94 bits per heavy atom. The molecule has 6 rings (SSSR count). The topological polar surface area (TPSA) is 108 Å². The van der Waals surface area contributed by atoms with Crippen LogP contribution in [0, 0.1) is 11.8 Å². The molecule has 3 fully saturated rings. The van der Waals surface area contributed by atoms with Crippen molar-refractivity contribution in [2.24, 2.45) is 11.8 Å². The summed E-state index contributed by atoms with van der Waals surface area (Å²) < 4.78 is 5.58. The molecule has 0 radical (unpaired) electrons. The summed E-state index contributed by atoms with van der Waals surface area (Å²) in [6.07, 6.45) is 7.76. The number of ether oxygens (including phenoxy) is 1. The van der Waals surface area contributed by atoms with Crippen molar-refractivity contribution in [2.75, 3.05) is 24.3 Å². The van der Waals surface area contributed by atoms with Gasteiger partial charge in [-0.25, -0.2) is 0 Å². The third kappa shape index (κ3) is 9.82. The second-order valence-electron chi connectivity index (χ2n) is 14.8. The molecular formula is C43H54N4O5S. The summed E-state index contributed by atoms with van der Waals surface area (Å²) in [5, 5.41) is 6.52. The number of fused-ring (bicyclic) bond motifs is 1. The van der Waals surface area contributed by atoms with Gasteiger partial charge in [0.15, 0.2) is 0 Å². The van der Waals surface area contributed by atoms with E-state index in [1.54, 1.807) is 12.0 Å². The van der Waals surface area contributed by atoms with Gasteiger partial charge in [-0.05, 0) is 107 Å². The number of carbonyl (C=O) groups is 4. The van der Waals surface area contributed by atoms with Crippen molar-refractivity contribution in [1.29, 1.82) is 0 Å². The number of nitrogens with one attached hydrogen (secondary N) is 2. The number of para-hydroxylation sites is 2. The molecule has 0 aliphatic carbocycles. The maximum Gasteiger partial charge on any atom is 0.249 e. The van der Waals surface area contributed by atoms with Gasteiger partial charge in [0.1, 0.15) is 17.8 Å². The van der Waals surface area contributed by atoms with Gasteiger partial charge in [-0.2, -0.15) is 0 Å². The molecular weight excluding hydrogens is 685 g/mol. The number of rotatable bonds is 13. The first kappa shape index (κ1) is 38.4. The van der Waals surface area contributed by atoms with Crippen LogP contribution in [0.5, 0.6) is 5.75 Å². The van der Waals surface area contributed by atoms with Gasteiger partial charge in [0, 0.05) is 24.4 Å². The van der Waals surface area contributed by atoms with Gasteiger partial charge in [0.2, 0.25) is 23.6 Å². The predicted octanol–water partition coefficient (Wildman–Crippen LogP) is 6.54. The van der Waals surface area contributed by atoms with Crippen LogP contribution < -0.4 is 20.3 Å². The summed E-state index contributed by atoms with van der Waals surface area (Å²) in [5.41, 5.74) is 2.75. The quantitative estimate of drug-likeness (QED) is 0.206. The van der Waals surface area contributed by atoms with Crippen LogP contribution in [-0.4, -0.2) is 71.4 Å². The molecule has 282 valence electrons. The Bertz CT molecular complexity index is 1690. The van der Waals surface area contributed by atoms with Gasteiger partial charge in [0.25, 0.3) is 0 Å². The molecule has 4 amide bonds. The van der Waals surface area contributed by atoms with Gasteiger partial charge < -0.3 is 25.2 Å². The van der Waals surface area contributed by atoms with Crippen LogP contribution in [0.2, 0.25) is 0 Å². The second-order valence-corrected chi connectivity index (χ2v) is 16.1. The lowest BCUT2D eigenvalue weighted by atomic mass is 9.86. The van der Waals surface area contributed by atoms with E-state index in [0.717, 1.165) is 49.0 Å². The van der Waals surface area contributed by atoms with Crippen molar-refractivity contribution in [3.63, 3.8) is 0 Å². The van der Waals surface area contributed by atoms with Gasteiger partial charge in [-0.15, -0.1) is 11.8 Å². The van der Waals surface area contributed by atoms with Gasteiger partial charge in [0.05, 0.1) is 18.2 Å². The number of hydrogen-bond acceptors (Lipinski definition) is 6. The lowest BCUT2D eigenvalue weighted by molar-refractivity contribution is -0.140. The van der Waals surface area contributed by atoms with Crippen molar-refractivity contribution in [3.05, 3.63) is 96.1 Å². The Balaban J connectivity index is 1.19. The van der Waals surface area contributed by atoms with Gasteiger partial charge >= 0.3 is 0 Å². The number of amides is 4. The highest BCUT2D eigenvalue weighted by molar-refractivity contribution is 7.99. The van der Waals surface area contributed by atoms with Crippen molar-refractivity contribution in [3.8, 4) is 5.75 Å². The number of thioether (sulfide) groups is 1. The zero-order valence-electron chi connectivity index (χ0n) is 31.1.